The van der Waals surface area contributed by atoms with Gasteiger partial charge in [-0.15, -0.1) is 0 Å². The molecule has 2 atom stereocenters. The number of benzene rings is 1. The Morgan fingerprint density at radius 3 is 2.45 bits per heavy atom. The molecule has 1 aromatic carbocycles. The Labute approximate surface area is 132 Å². The molecule has 2 rings (SSSR count). The summed E-state index contributed by atoms with van der Waals surface area (Å²) in [6.45, 7) is 4.62. The number of rotatable bonds is 6. The van der Waals surface area contributed by atoms with Gasteiger partial charge < -0.3 is 11.1 Å². The van der Waals surface area contributed by atoms with Gasteiger partial charge in [0.25, 0.3) is 0 Å². The molecule has 3 N–H and O–H groups in total. The lowest BCUT2D eigenvalue weighted by Gasteiger charge is -2.31. The molecule has 0 spiro atoms. The van der Waals surface area contributed by atoms with Gasteiger partial charge in [-0.2, -0.15) is 0 Å². The molecule has 1 aliphatic carbocycles. The average Bonchev–Trinajstić information content (AvgIpc) is 3.01. The molecule has 1 aliphatic rings. The first kappa shape index (κ1) is 16.9. The maximum atomic E-state index is 13.2. The fraction of sp³-hybridized carbons (Fsp3) is 0.611. The van der Waals surface area contributed by atoms with Gasteiger partial charge in [0.2, 0.25) is 5.91 Å². The van der Waals surface area contributed by atoms with E-state index in [0.29, 0.717) is 6.54 Å². The summed E-state index contributed by atoms with van der Waals surface area (Å²) in [6, 6.07) is 6.24. The highest BCUT2D eigenvalue weighted by Gasteiger charge is 2.36. The fourth-order valence-corrected chi connectivity index (χ4v) is 3.31. The predicted octanol–water partition coefficient (Wildman–Crippen LogP) is 3.13. The van der Waals surface area contributed by atoms with Crippen LogP contribution in [-0.2, 0) is 10.2 Å². The Kier molecular flexibility index (Phi) is 5.57. The Morgan fingerprint density at radius 1 is 1.32 bits per heavy atom. The third-order valence-electron chi connectivity index (χ3n) is 5.18. The van der Waals surface area contributed by atoms with E-state index >= 15 is 0 Å². The first-order valence-electron chi connectivity index (χ1n) is 8.28. The van der Waals surface area contributed by atoms with Crippen LogP contribution in [0.15, 0.2) is 24.3 Å². The van der Waals surface area contributed by atoms with Crippen LogP contribution < -0.4 is 11.1 Å². The van der Waals surface area contributed by atoms with E-state index in [4.69, 9.17) is 5.73 Å². The molecule has 22 heavy (non-hydrogen) atoms. The van der Waals surface area contributed by atoms with Crippen molar-refractivity contribution in [2.24, 2.45) is 11.7 Å². The number of nitrogens with two attached hydrogens (primary N) is 1. The van der Waals surface area contributed by atoms with Crippen molar-refractivity contribution in [3.63, 3.8) is 0 Å². The number of nitrogens with one attached hydrogen (secondary N) is 1. The molecule has 1 saturated carbocycles. The second-order valence-corrected chi connectivity index (χ2v) is 6.62. The molecule has 2 unspecified atom stereocenters. The molecule has 3 nitrogen and oxygen atoms in total. The Bertz CT molecular complexity index is 494. The lowest BCUT2D eigenvalue weighted by Crippen LogP contribution is -2.48. The van der Waals surface area contributed by atoms with E-state index < -0.39 is 6.04 Å². The quantitative estimate of drug-likeness (QED) is 0.848. The lowest BCUT2D eigenvalue weighted by molar-refractivity contribution is -0.123. The lowest BCUT2D eigenvalue weighted by atomic mass is 9.78. The molecule has 0 heterocycles. The fourth-order valence-electron chi connectivity index (χ4n) is 3.31. The highest BCUT2D eigenvalue weighted by Crippen LogP contribution is 2.40. The summed E-state index contributed by atoms with van der Waals surface area (Å²) in [5.74, 6) is -0.132. The second kappa shape index (κ2) is 7.23. The Balaban J connectivity index is 2.06. The van der Waals surface area contributed by atoms with Crippen molar-refractivity contribution < 1.29 is 9.18 Å². The first-order chi connectivity index (χ1) is 10.5. The van der Waals surface area contributed by atoms with Crippen LogP contribution in [0.4, 0.5) is 4.39 Å². The largest absolute Gasteiger partial charge is 0.354 e. The third-order valence-corrected chi connectivity index (χ3v) is 5.18. The summed E-state index contributed by atoms with van der Waals surface area (Å²) in [5.41, 5.74) is 7.04. The van der Waals surface area contributed by atoms with Crippen LogP contribution in [0.25, 0.3) is 0 Å². The van der Waals surface area contributed by atoms with E-state index in [0.717, 1.165) is 37.7 Å². The molecule has 0 radical (unpaired) electrons. The number of halogens is 1. The van der Waals surface area contributed by atoms with Gasteiger partial charge in [-0.1, -0.05) is 45.2 Å². The van der Waals surface area contributed by atoms with Gasteiger partial charge in [-0.05, 0) is 36.5 Å². The highest BCUT2D eigenvalue weighted by molar-refractivity contribution is 5.81. The summed E-state index contributed by atoms with van der Waals surface area (Å²) in [7, 11) is 0. The normalized spacial score (nSPS) is 19.6. The van der Waals surface area contributed by atoms with Crippen molar-refractivity contribution in [3.8, 4) is 0 Å². The van der Waals surface area contributed by atoms with E-state index in [-0.39, 0.29) is 23.1 Å². The second-order valence-electron chi connectivity index (χ2n) is 6.62. The maximum absolute atomic E-state index is 13.2. The summed E-state index contributed by atoms with van der Waals surface area (Å²) in [4.78, 5) is 12.2. The average molecular weight is 306 g/mol. The number of hydrogen-bond acceptors (Lipinski definition) is 2. The van der Waals surface area contributed by atoms with Crippen molar-refractivity contribution >= 4 is 5.91 Å². The molecule has 1 aromatic rings. The smallest absolute Gasteiger partial charge is 0.237 e. The number of hydrogen-bond donors (Lipinski definition) is 2. The van der Waals surface area contributed by atoms with Gasteiger partial charge in [0.15, 0.2) is 0 Å². The molecule has 122 valence electrons. The molecule has 0 aromatic heterocycles. The number of carbonyl (C=O) groups is 1. The minimum atomic E-state index is -0.461. The van der Waals surface area contributed by atoms with Gasteiger partial charge in [-0.25, -0.2) is 4.39 Å². The monoisotopic (exact) mass is 306 g/mol. The van der Waals surface area contributed by atoms with E-state index in [9.17, 15) is 9.18 Å². The number of amides is 1. The van der Waals surface area contributed by atoms with Crippen LogP contribution in [0.3, 0.4) is 0 Å². The maximum Gasteiger partial charge on any atom is 0.237 e. The van der Waals surface area contributed by atoms with Gasteiger partial charge >= 0.3 is 0 Å². The molecule has 4 heteroatoms. The Hall–Kier alpha value is -1.42. The topological polar surface area (TPSA) is 55.1 Å². The van der Waals surface area contributed by atoms with Crippen molar-refractivity contribution in [2.45, 2.75) is 57.4 Å². The predicted molar refractivity (Wildman–Crippen MR) is 87.0 cm³/mol. The van der Waals surface area contributed by atoms with Gasteiger partial charge in [-0.3, -0.25) is 4.79 Å². The zero-order valence-corrected chi connectivity index (χ0v) is 13.6. The third kappa shape index (κ3) is 3.67. The van der Waals surface area contributed by atoms with Gasteiger partial charge in [0, 0.05) is 12.0 Å². The van der Waals surface area contributed by atoms with E-state index in [1.165, 1.54) is 12.1 Å². The van der Waals surface area contributed by atoms with Crippen molar-refractivity contribution in [3.05, 3.63) is 35.6 Å². The van der Waals surface area contributed by atoms with Gasteiger partial charge in [0.1, 0.15) is 5.82 Å². The van der Waals surface area contributed by atoms with E-state index in [1.54, 1.807) is 0 Å². The molecule has 1 amide bonds. The Morgan fingerprint density at radius 2 is 1.91 bits per heavy atom. The van der Waals surface area contributed by atoms with Crippen molar-refractivity contribution in [1.82, 2.24) is 5.32 Å². The molecular weight excluding hydrogens is 279 g/mol. The molecule has 0 bridgehead atoms. The van der Waals surface area contributed by atoms with Crippen molar-refractivity contribution in [2.75, 3.05) is 6.54 Å². The number of carbonyl (C=O) groups excluding carboxylic acids is 1. The molecule has 0 saturated heterocycles. The first-order valence-corrected chi connectivity index (χ1v) is 8.28. The van der Waals surface area contributed by atoms with Crippen LogP contribution in [0.1, 0.15) is 51.5 Å². The zero-order valence-electron chi connectivity index (χ0n) is 13.6. The van der Waals surface area contributed by atoms with Gasteiger partial charge in [0.05, 0.1) is 6.04 Å². The SMILES string of the molecule is CCC(C)C(N)C(=O)NCC1(c2ccc(F)cc2)CCCC1. The van der Waals surface area contributed by atoms with E-state index in [2.05, 4.69) is 5.32 Å². The van der Waals surface area contributed by atoms with Crippen LogP contribution in [-0.4, -0.2) is 18.5 Å². The summed E-state index contributed by atoms with van der Waals surface area (Å²) in [6.07, 6.45) is 5.22. The summed E-state index contributed by atoms with van der Waals surface area (Å²) < 4.78 is 13.2. The molecule has 0 aliphatic heterocycles. The zero-order chi connectivity index (χ0) is 16.2. The van der Waals surface area contributed by atoms with Crippen LogP contribution in [0, 0.1) is 11.7 Å². The van der Waals surface area contributed by atoms with Crippen LogP contribution in [0.2, 0.25) is 0 Å². The molecule has 1 fully saturated rings. The standard InChI is InChI=1S/C18H27FN2O/c1-3-13(2)16(20)17(22)21-12-18(10-4-5-11-18)14-6-8-15(19)9-7-14/h6-9,13,16H,3-5,10-12,20H2,1-2H3,(H,21,22). The minimum absolute atomic E-state index is 0.0709. The minimum Gasteiger partial charge on any atom is -0.354 e. The highest BCUT2D eigenvalue weighted by atomic mass is 19.1. The van der Waals surface area contributed by atoms with E-state index in [1.807, 2.05) is 26.0 Å². The van der Waals surface area contributed by atoms with Crippen LogP contribution >= 0.6 is 0 Å². The summed E-state index contributed by atoms with van der Waals surface area (Å²) >= 11 is 0. The van der Waals surface area contributed by atoms with Crippen molar-refractivity contribution in [1.29, 1.82) is 0 Å². The summed E-state index contributed by atoms with van der Waals surface area (Å²) in [5, 5.41) is 3.04. The van der Waals surface area contributed by atoms with Crippen LogP contribution in [0.5, 0.6) is 0 Å². The molecular formula is C18H27FN2O.